The van der Waals surface area contributed by atoms with Crippen LogP contribution in [0.4, 0.5) is 0 Å². The molecule has 116 valence electrons. The average Bonchev–Trinajstić information content (AvgIpc) is 2.65. The lowest BCUT2D eigenvalue weighted by Crippen LogP contribution is -1.79. The van der Waals surface area contributed by atoms with Gasteiger partial charge in [-0.2, -0.15) is 0 Å². The summed E-state index contributed by atoms with van der Waals surface area (Å²) in [6.07, 6.45) is 3.84. The first-order valence-electron chi connectivity index (χ1n) is 7.56. The Hall–Kier alpha value is -2.30. The first-order chi connectivity index (χ1) is 11.9. The Bertz CT molecular complexity index is 945. The summed E-state index contributed by atoms with van der Waals surface area (Å²) in [4.78, 5) is 8.96. The molecule has 0 amide bonds. The highest BCUT2D eigenvalue weighted by Crippen LogP contribution is 2.26. The van der Waals surface area contributed by atoms with E-state index < -0.39 is 0 Å². The minimum absolute atomic E-state index is 0.997. The maximum Gasteiger partial charge on any atom is 0.101 e. The summed E-state index contributed by atoms with van der Waals surface area (Å²) in [5, 5.41) is 10.9. The van der Waals surface area contributed by atoms with Gasteiger partial charge in [-0.15, -0.1) is 0 Å². The molecule has 0 radical (unpaired) electrons. The SMILES string of the molecule is C(=C\Sc1cc2ccccc2cn1)/Sc1cc2ccccc2cn1. The van der Waals surface area contributed by atoms with Crippen LogP contribution in [0.3, 0.4) is 0 Å². The zero-order valence-electron chi connectivity index (χ0n) is 12.8. The number of hydrogen-bond acceptors (Lipinski definition) is 4. The highest BCUT2D eigenvalue weighted by molar-refractivity contribution is 8.05. The fourth-order valence-electron chi connectivity index (χ4n) is 2.45. The van der Waals surface area contributed by atoms with Crippen molar-refractivity contribution in [2.75, 3.05) is 0 Å². The van der Waals surface area contributed by atoms with E-state index in [0.29, 0.717) is 0 Å². The first-order valence-corrected chi connectivity index (χ1v) is 9.32. The summed E-state index contributed by atoms with van der Waals surface area (Å²) in [5.41, 5.74) is 0. The molecule has 0 saturated carbocycles. The Morgan fingerprint density at radius 1 is 0.583 bits per heavy atom. The van der Waals surface area contributed by atoms with Crippen molar-refractivity contribution in [3.63, 3.8) is 0 Å². The van der Waals surface area contributed by atoms with Crippen molar-refractivity contribution in [3.8, 4) is 0 Å². The number of aromatic nitrogens is 2. The van der Waals surface area contributed by atoms with Gasteiger partial charge in [-0.1, -0.05) is 72.1 Å². The molecule has 4 rings (SSSR count). The van der Waals surface area contributed by atoms with Crippen LogP contribution in [0.15, 0.2) is 93.9 Å². The third kappa shape index (κ3) is 3.45. The van der Waals surface area contributed by atoms with E-state index in [1.165, 1.54) is 21.5 Å². The summed E-state index contributed by atoms with van der Waals surface area (Å²) < 4.78 is 0. The molecule has 4 heteroatoms. The minimum Gasteiger partial charge on any atom is -0.249 e. The quantitative estimate of drug-likeness (QED) is 0.415. The zero-order valence-corrected chi connectivity index (χ0v) is 14.4. The molecule has 2 nitrogen and oxygen atoms in total. The summed E-state index contributed by atoms with van der Waals surface area (Å²) in [6, 6.07) is 20.8. The van der Waals surface area contributed by atoms with Gasteiger partial charge in [0.15, 0.2) is 0 Å². The van der Waals surface area contributed by atoms with Crippen molar-refractivity contribution < 1.29 is 0 Å². The lowest BCUT2D eigenvalue weighted by atomic mass is 10.2. The van der Waals surface area contributed by atoms with Gasteiger partial charge in [0, 0.05) is 23.2 Å². The van der Waals surface area contributed by atoms with Gasteiger partial charge < -0.3 is 0 Å². The van der Waals surface area contributed by atoms with Gasteiger partial charge >= 0.3 is 0 Å². The van der Waals surface area contributed by atoms with Gasteiger partial charge in [0.1, 0.15) is 10.1 Å². The van der Waals surface area contributed by atoms with Gasteiger partial charge in [-0.05, 0) is 33.7 Å². The predicted octanol–water partition coefficient (Wildman–Crippen LogP) is 6.14. The highest BCUT2D eigenvalue weighted by Gasteiger charge is 1.98. The molecule has 0 unspecified atom stereocenters. The molecule has 0 N–H and O–H groups in total. The van der Waals surface area contributed by atoms with Gasteiger partial charge in [-0.3, -0.25) is 0 Å². The van der Waals surface area contributed by atoms with Crippen molar-refractivity contribution in [2.24, 2.45) is 0 Å². The summed E-state index contributed by atoms with van der Waals surface area (Å²) >= 11 is 3.24. The Labute approximate surface area is 149 Å². The van der Waals surface area contributed by atoms with Crippen LogP contribution in [0.2, 0.25) is 0 Å². The smallest absolute Gasteiger partial charge is 0.101 e. The lowest BCUT2D eigenvalue weighted by molar-refractivity contribution is 1.16. The largest absolute Gasteiger partial charge is 0.249 e. The van der Waals surface area contributed by atoms with E-state index in [-0.39, 0.29) is 0 Å². The van der Waals surface area contributed by atoms with Crippen LogP contribution in [-0.2, 0) is 0 Å². The monoisotopic (exact) mass is 346 g/mol. The fraction of sp³-hybridized carbons (Fsp3) is 0. The summed E-state index contributed by atoms with van der Waals surface area (Å²) in [6.45, 7) is 0. The Balaban J connectivity index is 1.44. The predicted molar refractivity (Wildman–Crippen MR) is 104 cm³/mol. The van der Waals surface area contributed by atoms with Crippen LogP contribution in [0.1, 0.15) is 0 Å². The molecular formula is C20H14N2S2. The van der Waals surface area contributed by atoms with E-state index in [1.807, 2.05) is 36.7 Å². The van der Waals surface area contributed by atoms with E-state index in [4.69, 9.17) is 0 Å². The van der Waals surface area contributed by atoms with Crippen molar-refractivity contribution in [3.05, 3.63) is 83.9 Å². The fourth-order valence-corrected chi connectivity index (χ4v) is 3.79. The molecule has 0 aliphatic heterocycles. The summed E-state index contributed by atoms with van der Waals surface area (Å²) in [7, 11) is 0. The third-order valence-corrected chi connectivity index (χ3v) is 5.29. The number of thioether (sulfide) groups is 2. The topological polar surface area (TPSA) is 25.8 Å². The standard InChI is InChI=1S/C20H14N2S2/c1-3-7-17-13-21-19(11-15(17)5-1)23-9-10-24-20-12-16-6-2-4-8-18(16)14-22-20/h1-14H/b10-9+. The Morgan fingerprint density at radius 2 is 1.00 bits per heavy atom. The molecule has 0 atom stereocenters. The molecule has 0 bridgehead atoms. The average molecular weight is 346 g/mol. The van der Waals surface area contributed by atoms with E-state index in [0.717, 1.165) is 10.1 Å². The molecule has 0 fully saturated rings. The number of fused-ring (bicyclic) bond motifs is 2. The number of rotatable bonds is 4. The number of pyridine rings is 2. The lowest BCUT2D eigenvalue weighted by Gasteiger charge is -2.00. The van der Waals surface area contributed by atoms with Crippen LogP contribution in [0.5, 0.6) is 0 Å². The van der Waals surface area contributed by atoms with E-state index in [9.17, 15) is 0 Å². The zero-order chi connectivity index (χ0) is 16.2. The molecule has 24 heavy (non-hydrogen) atoms. The second-order valence-electron chi connectivity index (χ2n) is 5.25. The maximum absolute atomic E-state index is 4.48. The van der Waals surface area contributed by atoms with Gasteiger partial charge in [0.2, 0.25) is 0 Å². The van der Waals surface area contributed by atoms with Crippen molar-refractivity contribution in [2.45, 2.75) is 10.1 Å². The number of nitrogens with zero attached hydrogens (tertiary/aromatic N) is 2. The Morgan fingerprint density at radius 3 is 1.46 bits per heavy atom. The molecule has 2 aromatic heterocycles. The van der Waals surface area contributed by atoms with Crippen LogP contribution >= 0.6 is 23.5 Å². The molecular weight excluding hydrogens is 332 g/mol. The molecule has 2 heterocycles. The maximum atomic E-state index is 4.48. The van der Waals surface area contributed by atoms with Crippen LogP contribution < -0.4 is 0 Å². The van der Waals surface area contributed by atoms with Gasteiger partial charge in [0.05, 0.1) is 0 Å². The highest BCUT2D eigenvalue weighted by atomic mass is 32.2. The van der Waals surface area contributed by atoms with E-state index in [1.54, 1.807) is 23.5 Å². The molecule has 0 spiro atoms. The molecule has 2 aromatic carbocycles. The minimum atomic E-state index is 0.997. The molecule has 0 aliphatic carbocycles. The van der Waals surface area contributed by atoms with Crippen molar-refractivity contribution in [1.29, 1.82) is 0 Å². The number of hydrogen-bond donors (Lipinski definition) is 0. The van der Waals surface area contributed by atoms with E-state index >= 15 is 0 Å². The normalized spacial score (nSPS) is 11.5. The second-order valence-corrected chi connectivity index (χ2v) is 7.10. The van der Waals surface area contributed by atoms with E-state index in [2.05, 4.69) is 57.2 Å². The van der Waals surface area contributed by atoms with Crippen molar-refractivity contribution in [1.82, 2.24) is 9.97 Å². The van der Waals surface area contributed by atoms with Crippen LogP contribution in [0.25, 0.3) is 21.5 Å². The first kappa shape index (κ1) is 15.2. The second kappa shape index (κ2) is 7.07. The van der Waals surface area contributed by atoms with Crippen LogP contribution in [0, 0.1) is 0 Å². The Kier molecular flexibility index (Phi) is 4.49. The van der Waals surface area contributed by atoms with Gasteiger partial charge in [-0.25, -0.2) is 9.97 Å². The molecule has 0 aliphatic rings. The van der Waals surface area contributed by atoms with Crippen molar-refractivity contribution >= 4 is 45.1 Å². The van der Waals surface area contributed by atoms with Crippen LogP contribution in [-0.4, -0.2) is 9.97 Å². The molecule has 0 saturated heterocycles. The third-order valence-electron chi connectivity index (χ3n) is 3.64. The molecule has 4 aromatic rings. The summed E-state index contributed by atoms with van der Waals surface area (Å²) in [5.74, 6) is 0. The number of benzene rings is 2. The van der Waals surface area contributed by atoms with Gasteiger partial charge in [0.25, 0.3) is 0 Å².